The van der Waals surface area contributed by atoms with E-state index in [9.17, 15) is 9.50 Å². The van der Waals surface area contributed by atoms with Crippen molar-refractivity contribution in [2.75, 3.05) is 13.2 Å². The topological polar surface area (TPSA) is 51.8 Å². The molecule has 1 N–H and O–H groups in total. The summed E-state index contributed by atoms with van der Waals surface area (Å²) in [7, 11) is -1.83. The highest BCUT2D eigenvalue weighted by Crippen LogP contribution is 2.35. The van der Waals surface area contributed by atoms with E-state index in [1.54, 1.807) is 12.1 Å². The van der Waals surface area contributed by atoms with Crippen molar-refractivity contribution in [1.82, 2.24) is 0 Å². The SMILES string of the molecule is CC1(c2cc(C(O)c3ccc(F)cc3)oc2[Si](C)(C)C)OCCO1. The molecular formula is C18H23FO4Si. The van der Waals surface area contributed by atoms with Gasteiger partial charge in [0.1, 0.15) is 25.8 Å². The van der Waals surface area contributed by atoms with Crippen molar-refractivity contribution in [3.8, 4) is 0 Å². The van der Waals surface area contributed by atoms with E-state index in [0.29, 0.717) is 24.5 Å². The Hall–Kier alpha value is -1.47. The lowest BCUT2D eigenvalue weighted by Crippen LogP contribution is -2.43. The summed E-state index contributed by atoms with van der Waals surface area (Å²) in [5.41, 5.74) is 1.42. The maximum Gasteiger partial charge on any atom is 0.195 e. The maximum absolute atomic E-state index is 13.1. The Morgan fingerprint density at radius 3 is 2.25 bits per heavy atom. The van der Waals surface area contributed by atoms with E-state index in [0.717, 1.165) is 10.9 Å². The molecule has 1 aliphatic heterocycles. The molecule has 2 heterocycles. The van der Waals surface area contributed by atoms with E-state index in [1.165, 1.54) is 12.1 Å². The summed E-state index contributed by atoms with van der Waals surface area (Å²) < 4.78 is 30.7. The molecule has 4 nitrogen and oxygen atoms in total. The van der Waals surface area contributed by atoms with E-state index in [1.807, 2.05) is 13.0 Å². The zero-order valence-electron chi connectivity index (χ0n) is 14.4. The highest BCUT2D eigenvalue weighted by molar-refractivity contribution is 6.88. The summed E-state index contributed by atoms with van der Waals surface area (Å²) in [6.45, 7) is 9.44. The van der Waals surface area contributed by atoms with Gasteiger partial charge < -0.3 is 19.0 Å². The second-order valence-corrected chi connectivity index (χ2v) is 12.2. The smallest absolute Gasteiger partial charge is 0.195 e. The Bertz CT molecular complexity index is 712. The Balaban J connectivity index is 2.03. The van der Waals surface area contributed by atoms with Crippen LogP contribution in [-0.4, -0.2) is 26.4 Å². The fourth-order valence-electron chi connectivity index (χ4n) is 2.92. The Morgan fingerprint density at radius 1 is 1.12 bits per heavy atom. The van der Waals surface area contributed by atoms with Gasteiger partial charge in [-0.25, -0.2) is 4.39 Å². The molecule has 1 aromatic carbocycles. The largest absolute Gasteiger partial charge is 0.468 e. The Kier molecular flexibility index (Phi) is 4.42. The summed E-state index contributed by atoms with van der Waals surface area (Å²) in [5.74, 6) is -0.761. The summed E-state index contributed by atoms with van der Waals surface area (Å²) in [4.78, 5) is 0. The van der Waals surface area contributed by atoms with Crippen LogP contribution in [0.2, 0.25) is 19.6 Å². The van der Waals surface area contributed by atoms with E-state index < -0.39 is 20.0 Å². The zero-order chi connectivity index (χ0) is 17.5. The predicted molar refractivity (Wildman–Crippen MR) is 91.4 cm³/mol. The molecule has 1 fully saturated rings. The van der Waals surface area contributed by atoms with Crippen LogP contribution in [-0.2, 0) is 15.3 Å². The molecule has 0 saturated carbocycles. The number of hydrogen-bond acceptors (Lipinski definition) is 4. The van der Waals surface area contributed by atoms with Crippen LogP contribution in [0.1, 0.15) is 29.9 Å². The third kappa shape index (κ3) is 3.19. The van der Waals surface area contributed by atoms with Crippen LogP contribution < -0.4 is 5.38 Å². The van der Waals surface area contributed by atoms with Gasteiger partial charge >= 0.3 is 0 Å². The molecular weight excluding hydrogens is 327 g/mol. The molecule has 2 aromatic rings. The average molecular weight is 350 g/mol. The minimum Gasteiger partial charge on any atom is -0.468 e. The van der Waals surface area contributed by atoms with Crippen LogP contribution in [0.3, 0.4) is 0 Å². The van der Waals surface area contributed by atoms with Gasteiger partial charge in [0.25, 0.3) is 0 Å². The van der Waals surface area contributed by atoms with Gasteiger partial charge in [0.15, 0.2) is 5.79 Å². The van der Waals surface area contributed by atoms with Crippen LogP contribution in [0.5, 0.6) is 0 Å². The van der Waals surface area contributed by atoms with Crippen molar-refractivity contribution >= 4 is 13.5 Å². The predicted octanol–water partition coefficient (Wildman–Crippen LogP) is 3.27. The minimum atomic E-state index is -1.83. The monoisotopic (exact) mass is 350 g/mol. The molecule has 1 saturated heterocycles. The lowest BCUT2D eigenvalue weighted by molar-refractivity contribution is -0.149. The number of aliphatic hydroxyl groups excluding tert-OH is 1. The first-order valence-electron chi connectivity index (χ1n) is 8.07. The number of furan rings is 1. The molecule has 1 atom stereocenters. The average Bonchev–Trinajstić information content (AvgIpc) is 3.14. The summed E-state index contributed by atoms with van der Waals surface area (Å²) in [5, 5.41) is 11.5. The Morgan fingerprint density at radius 2 is 1.71 bits per heavy atom. The van der Waals surface area contributed by atoms with Gasteiger partial charge in [0, 0.05) is 5.56 Å². The summed E-state index contributed by atoms with van der Waals surface area (Å²) in [6, 6.07) is 7.58. The van der Waals surface area contributed by atoms with Crippen LogP contribution in [0, 0.1) is 5.82 Å². The second-order valence-electron chi connectivity index (χ2n) is 7.24. The van der Waals surface area contributed by atoms with Crippen molar-refractivity contribution in [1.29, 1.82) is 0 Å². The third-order valence-corrected chi connectivity index (χ3v) is 5.95. The lowest BCUT2D eigenvalue weighted by atomic mass is 10.1. The quantitative estimate of drug-likeness (QED) is 0.860. The van der Waals surface area contributed by atoms with Crippen LogP contribution in [0.15, 0.2) is 34.7 Å². The fourth-order valence-corrected chi connectivity index (χ4v) is 4.45. The van der Waals surface area contributed by atoms with Gasteiger partial charge in [-0.3, -0.25) is 0 Å². The van der Waals surface area contributed by atoms with Crippen molar-refractivity contribution in [2.24, 2.45) is 0 Å². The van der Waals surface area contributed by atoms with Crippen LogP contribution in [0.4, 0.5) is 4.39 Å². The molecule has 1 unspecified atom stereocenters. The van der Waals surface area contributed by atoms with Crippen molar-refractivity contribution < 1.29 is 23.4 Å². The second kappa shape index (κ2) is 6.11. The number of ether oxygens (including phenoxy) is 2. The molecule has 0 spiro atoms. The highest BCUT2D eigenvalue weighted by atomic mass is 28.3. The number of rotatable bonds is 4. The molecule has 0 aliphatic carbocycles. The first-order valence-corrected chi connectivity index (χ1v) is 11.6. The van der Waals surface area contributed by atoms with E-state index in [-0.39, 0.29) is 5.82 Å². The number of benzene rings is 1. The maximum atomic E-state index is 13.1. The standard InChI is InChI=1S/C18H23FO4Si/c1-18(21-9-10-22-18)14-11-15(23-17(14)24(2,3)4)16(20)12-5-7-13(19)8-6-12/h5-8,11,16,20H,9-10H2,1-4H3. The van der Waals surface area contributed by atoms with Crippen LogP contribution in [0.25, 0.3) is 0 Å². The number of halogens is 1. The summed E-state index contributed by atoms with van der Waals surface area (Å²) >= 11 is 0. The molecule has 0 bridgehead atoms. The number of aliphatic hydroxyl groups is 1. The van der Waals surface area contributed by atoms with Crippen LogP contribution >= 0.6 is 0 Å². The van der Waals surface area contributed by atoms with E-state index in [2.05, 4.69) is 19.6 Å². The molecule has 1 aromatic heterocycles. The van der Waals surface area contributed by atoms with Crippen molar-refractivity contribution in [3.05, 3.63) is 53.0 Å². The van der Waals surface area contributed by atoms with Gasteiger partial charge in [-0.1, -0.05) is 31.8 Å². The van der Waals surface area contributed by atoms with Gasteiger partial charge in [-0.15, -0.1) is 0 Å². The molecule has 6 heteroatoms. The van der Waals surface area contributed by atoms with E-state index in [4.69, 9.17) is 13.9 Å². The molecule has 24 heavy (non-hydrogen) atoms. The molecule has 0 radical (unpaired) electrons. The van der Waals surface area contributed by atoms with Gasteiger partial charge in [-0.2, -0.15) is 0 Å². The first-order chi connectivity index (χ1) is 11.2. The van der Waals surface area contributed by atoms with Gasteiger partial charge in [0.05, 0.1) is 18.6 Å². The summed E-state index contributed by atoms with van der Waals surface area (Å²) in [6.07, 6.45) is -0.959. The van der Waals surface area contributed by atoms with Gasteiger partial charge in [0.2, 0.25) is 0 Å². The minimum absolute atomic E-state index is 0.339. The molecule has 0 amide bonds. The Labute approximate surface area is 142 Å². The first kappa shape index (κ1) is 17.4. The normalized spacial score (nSPS) is 18.8. The molecule has 130 valence electrons. The van der Waals surface area contributed by atoms with E-state index >= 15 is 0 Å². The van der Waals surface area contributed by atoms with Crippen molar-refractivity contribution in [3.63, 3.8) is 0 Å². The highest BCUT2D eigenvalue weighted by Gasteiger charge is 2.41. The van der Waals surface area contributed by atoms with Crippen molar-refractivity contribution in [2.45, 2.75) is 38.5 Å². The number of hydrogen-bond donors (Lipinski definition) is 1. The fraction of sp³-hybridized carbons (Fsp3) is 0.444. The zero-order valence-corrected chi connectivity index (χ0v) is 15.4. The molecule has 3 rings (SSSR count). The molecule has 1 aliphatic rings. The van der Waals surface area contributed by atoms with Gasteiger partial charge in [-0.05, 0) is 30.7 Å². The lowest BCUT2D eigenvalue weighted by Gasteiger charge is -2.25. The third-order valence-electron chi connectivity index (χ3n) is 4.22.